The summed E-state index contributed by atoms with van der Waals surface area (Å²) >= 11 is 0. The summed E-state index contributed by atoms with van der Waals surface area (Å²) in [5, 5.41) is 0. The number of hydrogen-bond acceptors (Lipinski definition) is 4. The zero-order valence-corrected chi connectivity index (χ0v) is 11.8. The van der Waals surface area contributed by atoms with Gasteiger partial charge in [-0.15, -0.1) is 0 Å². The summed E-state index contributed by atoms with van der Waals surface area (Å²) in [6.07, 6.45) is 0. The summed E-state index contributed by atoms with van der Waals surface area (Å²) in [7, 11) is 0. The normalized spacial score (nSPS) is 26.8. The Hall–Kier alpha value is -1.32. The molecule has 0 radical (unpaired) electrons. The lowest BCUT2D eigenvalue weighted by Gasteiger charge is -2.36. The molecule has 1 rings (SSSR count). The molecule has 4 heteroatoms. The molecule has 0 bridgehead atoms. The van der Waals surface area contributed by atoms with Crippen molar-refractivity contribution in [1.29, 1.82) is 0 Å². The third kappa shape index (κ3) is 2.28. The van der Waals surface area contributed by atoms with Crippen LogP contribution in [0.2, 0.25) is 0 Å². The van der Waals surface area contributed by atoms with E-state index in [1.165, 1.54) is 0 Å². The number of Topliss-reactive ketones (excluding diaryl/α,β-unsaturated/α-hetero) is 4. The third-order valence-corrected chi connectivity index (χ3v) is 3.27. The number of carbonyl (C=O) groups is 4. The molecule has 0 amide bonds. The molecular formula is C14H20O4. The van der Waals surface area contributed by atoms with Crippen LogP contribution < -0.4 is 0 Å². The first-order valence-electron chi connectivity index (χ1n) is 6.05. The van der Waals surface area contributed by atoms with Crippen LogP contribution in [-0.2, 0) is 19.2 Å². The van der Waals surface area contributed by atoms with Crippen LogP contribution in [-0.4, -0.2) is 23.1 Å². The third-order valence-electron chi connectivity index (χ3n) is 3.27. The van der Waals surface area contributed by atoms with Gasteiger partial charge in [0, 0.05) is 0 Å². The van der Waals surface area contributed by atoms with Gasteiger partial charge in [0.1, 0.15) is 0 Å². The van der Waals surface area contributed by atoms with E-state index in [4.69, 9.17) is 0 Å². The summed E-state index contributed by atoms with van der Waals surface area (Å²) in [6, 6.07) is 0. The van der Waals surface area contributed by atoms with Crippen molar-refractivity contribution in [3.05, 3.63) is 0 Å². The minimum atomic E-state index is -1.13. The average Bonchev–Trinajstić information content (AvgIpc) is 2.10. The second-order valence-corrected chi connectivity index (χ2v) is 7.06. The molecule has 1 aliphatic rings. The summed E-state index contributed by atoms with van der Waals surface area (Å²) in [6.45, 7) is 10.1. The Labute approximate surface area is 107 Å². The Morgan fingerprint density at radius 2 is 0.722 bits per heavy atom. The van der Waals surface area contributed by atoms with Gasteiger partial charge < -0.3 is 0 Å². The second kappa shape index (κ2) is 4.11. The highest BCUT2D eigenvalue weighted by atomic mass is 16.2. The fourth-order valence-corrected chi connectivity index (χ4v) is 2.38. The highest BCUT2D eigenvalue weighted by Crippen LogP contribution is 2.38. The molecule has 0 N–H and O–H groups in total. The van der Waals surface area contributed by atoms with Crippen molar-refractivity contribution in [3.63, 3.8) is 0 Å². The van der Waals surface area contributed by atoms with Crippen LogP contribution >= 0.6 is 0 Å². The predicted molar refractivity (Wildman–Crippen MR) is 65.9 cm³/mol. The molecule has 0 spiro atoms. The van der Waals surface area contributed by atoms with Crippen molar-refractivity contribution in [2.45, 2.75) is 41.5 Å². The van der Waals surface area contributed by atoms with Crippen LogP contribution in [0.5, 0.6) is 0 Å². The zero-order valence-electron chi connectivity index (χ0n) is 11.8. The Morgan fingerprint density at radius 1 is 0.556 bits per heavy atom. The molecule has 0 saturated heterocycles. The standard InChI is InChI=1S/C14H20O4/c1-13(2,3)7-9(15)11(17)8(14(4,5)6)12(18)10(7)16/h7-8H,1-6H3. The van der Waals surface area contributed by atoms with Gasteiger partial charge in [-0.3, -0.25) is 19.2 Å². The molecule has 18 heavy (non-hydrogen) atoms. The predicted octanol–water partition coefficient (Wildman–Crippen LogP) is 1.60. The minimum Gasteiger partial charge on any atom is -0.290 e. The van der Waals surface area contributed by atoms with Crippen LogP contribution in [0, 0.1) is 22.7 Å². The molecule has 0 heterocycles. The summed E-state index contributed by atoms with van der Waals surface area (Å²) in [5.74, 6) is -5.12. The van der Waals surface area contributed by atoms with Gasteiger partial charge in [-0.25, -0.2) is 0 Å². The van der Waals surface area contributed by atoms with Crippen molar-refractivity contribution in [3.8, 4) is 0 Å². The van der Waals surface area contributed by atoms with Crippen molar-refractivity contribution in [2.24, 2.45) is 22.7 Å². The lowest BCUT2D eigenvalue weighted by molar-refractivity contribution is -0.161. The van der Waals surface area contributed by atoms with Crippen LogP contribution in [0.25, 0.3) is 0 Å². The van der Waals surface area contributed by atoms with E-state index >= 15 is 0 Å². The maximum Gasteiger partial charge on any atom is 0.210 e. The topological polar surface area (TPSA) is 68.3 Å². The van der Waals surface area contributed by atoms with E-state index < -0.39 is 45.8 Å². The summed E-state index contributed by atoms with van der Waals surface area (Å²) in [4.78, 5) is 48.2. The molecule has 4 nitrogen and oxygen atoms in total. The fourth-order valence-electron chi connectivity index (χ4n) is 2.38. The van der Waals surface area contributed by atoms with Crippen molar-refractivity contribution < 1.29 is 19.2 Å². The van der Waals surface area contributed by atoms with E-state index in [0.29, 0.717) is 0 Å². The van der Waals surface area contributed by atoms with E-state index in [-0.39, 0.29) is 0 Å². The molecule has 0 aliphatic heterocycles. The maximum atomic E-state index is 12.1. The molecule has 0 aromatic heterocycles. The smallest absolute Gasteiger partial charge is 0.210 e. The SMILES string of the molecule is CC(C)(C)C1C(=O)C(=O)C(C(C)(C)C)C(=O)C1=O. The lowest BCUT2D eigenvalue weighted by atomic mass is 9.62. The Balaban J connectivity index is 3.29. The first-order valence-corrected chi connectivity index (χ1v) is 6.05. The molecule has 0 aromatic rings. The summed E-state index contributed by atoms with van der Waals surface area (Å²) in [5.41, 5.74) is -1.41. The quantitative estimate of drug-likeness (QED) is 0.485. The van der Waals surface area contributed by atoms with E-state index in [1.54, 1.807) is 41.5 Å². The van der Waals surface area contributed by atoms with E-state index in [2.05, 4.69) is 0 Å². The van der Waals surface area contributed by atoms with Crippen LogP contribution in [0.4, 0.5) is 0 Å². The highest BCUT2D eigenvalue weighted by molar-refractivity contribution is 6.60. The molecule has 1 fully saturated rings. The largest absolute Gasteiger partial charge is 0.290 e. The van der Waals surface area contributed by atoms with E-state index in [9.17, 15) is 19.2 Å². The lowest BCUT2D eigenvalue weighted by Crippen LogP contribution is -2.56. The van der Waals surface area contributed by atoms with Gasteiger partial charge in [0.25, 0.3) is 0 Å². The molecule has 100 valence electrons. The molecule has 1 aliphatic carbocycles. The van der Waals surface area contributed by atoms with E-state index in [0.717, 1.165) is 0 Å². The second-order valence-electron chi connectivity index (χ2n) is 7.06. The maximum absolute atomic E-state index is 12.1. The van der Waals surface area contributed by atoms with Crippen molar-refractivity contribution in [2.75, 3.05) is 0 Å². The van der Waals surface area contributed by atoms with Crippen LogP contribution in [0.15, 0.2) is 0 Å². The van der Waals surface area contributed by atoms with Crippen molar-refractivity contribution >= 4 is 23.1 Å². The van der Waals surface area contributed by atoms with Gasteiger partial charge in [0.15, 0.2) is 0 Å². The number of carbonyl (C=O) groups excluding carboxylic acids is 4. The molecule has 1 saturated carbocycles. The Kier molecular flexibility index (Phi) is 3.36. The minimum absolute atomic E-state index is 0.706. The first-order chi connectivity index (χ1) is 7.89. The number of rotatable bonds is 0. The molecule has 0 aromatic carbocycles. The zero-order chi connectivity index (χ0) is 14.5. The van der Waals surface area contributed by atoms with Crippen LogP contribution in [0.3, 0.4) is 0 Å². The van der Waals surface area contributed by atoms with Crippen LogP contribution in [0.1, 0.15) is 41.5 Å². The number of ketones is 4. The van der Waals surface area contributed by atoms with E-state index in [1.807, 2.05) is 0 Å². The number of hydrogen-bond donors (Lipinski definition) is 0. The monoisotopic (exact) mass is 252 g/mol. The molecule has 0 unspecified atom stereocenters. The van der Waals surface area contributed by atoms with Gasteiger partial charge in [-0.2, -0.15) is 0 Å². The highest BCUT2D eigenvalue weighted by Gasteiger charge is 2.55. The van der Waals surface area contributed by atoms with Gasteiger partial charge in [0.2, 0.25) is 23.1 Å². The van der Waals surface area contributed by atoms with Gasteiger partial charge in [-0.05, 0) is 10.8 Å². The molecular weight excluding hydrogens is 232 g/mol. The van der Waals surface area contributed by atoms with Crippen molar-refractivity contribution in [1.82, 2.24) is 0 Å². The summed E-state index contributed by atoms with van der Waals surface area (Å²) < 4.78 is 0. The fraction of sp³-hybridized carbons (Fsp3) is 0.714. The first kappa shape index (κ1) is 14.7. The van der Waals surface area contributed by atoms with Gasteiger partial charge in [-0.1, -0.05) is 41.5 Å². The molecule has 0 atom stereocenters. The Morgan fingerprint density at radius 3 is 0.833 bits per heavy atom. The average molecular weight is 252 g/mol. The Bertz CT molecular complexity index is 362. The van der Waals surface area contributed by atoms with Gasteiger partial charge >= 0.3 is 0 Å². The van der Waals surface area contributed by atoms with Gasteiger partial charge in [0.05, 0.1) is 11.8 Å².